The number of aromatic hydroxyl groups is 1. The average molecular weight is 373 g/mol. The molecular formula is C22H19N3O3. The number of phenols is 1. The quantitative estimate of drug-likeness (QED) is 0.469. The van der Waals surface area contributed by atoms with Gasteiger partial charge in [-0.3, -0.25) is 9.59 Å². The van der Waals surface area contributed by atoms with E-state index in [2.05, 4.69) is 15.8 Å². The number of nitrogens with one attached hydrogen (secondary N) is 2. The van der Waals surface area contributed by atoms with Crippen LogP contribution in [0.25, 0.3) is 0 Å². The molecule has 0 saturated carbocycles. The molecule has 3 aromatic carbocycles. The maximum absolute atomic E-state index is 12.3. The Labute approximate surface area is 162 Å². The lowest BCUT2D eigenvalue weighted by molar-refractivity contribution is 0.0954. The molecule has 3 rings (SSSR count). The Morgan fingerprint density at radius 2 is 1.39 bits per heavy atom. The van der Waals surface area contributed by atoms with Gasteiger partial charge in [-0.25, -0.2) is 5.43 Å². The standard InChI is InChI=1S/C22H19N3O3/c1-15(19-9-5-6-10-20(19)26)24-25-22(28)17-11-13-18(14-12-17)23-21(27)16-7-3-2-4-8-16/h2-14,26H,1H3,(H,23,27)(H,25,28). The summed E-state index contributed by atoms with van der Waals surface area (Å²) in [5.74, 6) is -0.520. The van der Waals surface area contributed by atoms with Crippen LogP contribution >= 0.6 is 0 Å². The zero-order valence-corrected chi connectivity index (χ0v) is 15.2. The molecule has 6 heteroatoms. The topological polar surface area (TPSA) is 90.8 Å². The van der Waals surface area contributed by atoms with E-state index < -0.39 is 5.91 Å². The highest BCUT2D eigenvalue weighted by Crippen LogP contribution is 2.16. The third-order valence-corrected chi connectivity index (χ3v) is 4.06. The lowest BCUT2D eigenvalue weighted by Gasteiger charge is -2.07. The van der Waals surface area contributed by atoms with Crippen molar-refractivity contribution >= 4 is 23.2 Å². The van der Waals surface area contributed by atoms with Crippen molar-refractivity contribution in [3.05, 3.63) is 95.6 Å². The number of rotatable bonds is 5. The van der Waals surface area contributed by atoms with Crippen LogP contribution in [0, 0.1) is 0 Å². The molecule has 0 heterocycles. The second-order valence-electron chi connectivity index (χ2n) is 6.05. The number of carbonyl (C=O) groups is 2. The van der Waals surface area contributed by atoms with Gasteiger partial charge < -0.3 is 10.4 Å². The van der Waals surface area contributed by atoms with Gasteiger partial charge in [0.2, 0.25) is 0 Å². The molecule has 0 fully saturated rings. The number of phenolic OH excluding ortho intramolecular Hbond substituents is 1. The van der Waals surface area contributed by atoms with Gasteiger partial charge in [0, 0.05) is 22.4 Å². The Morgan fingerprint density at radius 1 is 0.786 bits per heavy atom. The minimum atomic E-state index is -0.393. The number of anilines is 1. The first kappa shape index (κ1) is 18.8. The normalized spacial score (nSPS) is 11.0. The summed E-state index contributed by atoms with van der Waals surface area (Å²) in [6.45, 7) is 1.69. The first-order valence-electron chi connectivity index (χ1n) is 8.64. The molecule has 6 nitrogen and oxygen atoms in total. The van der Waals surface area contributed by atoms with Crippen molar-refractivity contribution in [2.24, 2.45) is 5.10 Å². The summed E-state index contributed by atoms with van der Waals surface area (Å²) in [5.41, 5.74) is 5.02. The molecule has 2 amide bonds. The summed E-state index contributed by atoms with van der Waals surface area (Å²) >= 11 is 0. The van der Waals surface area contributed by atoms with E-state index in [-0.39, 0.29) is 11.7 Å². The lowest BCUT2D eigenvalue weighted by Crippen LogP contribution is -2.19. The van der Waals surface area contributed by atoms with E-state index in [4.69, 9.17) is 0 Å². The van der Waals surface area contributed by atoms with E-state index in [0.29, 0.717) is 28.1 Å². The van der Waals surface area contributed by atoms with Crippen LogP contribution in [0.5, 0.6) is 5.75 Å². The molecule has 0 aliphatic carbocycles. The smallest absolute Gasteiger partial charge is 0.271 e. The summed E-state index contributed by atoms with van der Waals surface area (Å²) in [5, 5.41) is 16.6. The molecule has 0 atom stereocenters. The molecule has 0 aromatic heterocycles. The lowest BCUT2D eigenvalue weighted by atomic mass is 10.1. The molecule has 0 unspecified atom stereocenters. The molecular weight excluding hydrogens is 354 g/mol. The fourth-order valence-electron chi connectivity index (χ4n) is 2.54. The van der Waals surface area contributed by atoms with Gasteiger partial charge in [0.25, 0.3) is 11.8 Å². The van der Waals surface area contributed by atoms with Crippen LogP contribution in [0.15, 0.2) is 84.0 Å². The molecule has 28 heavy (non-hydrogen) atoms. The van der Waals surface area contributed by atoms with Crippen LogP contribution in [0.2, 0.25) is 0 Å². The summed E-state index contributed by atoms with van der Waals surface area (Å²) in [7, 11) is 0. The summed E-state index contributed by atoms with van der Waals surface area (Å²) < 4.78 is 0. The summed E-state index contributed by atoms with van der Waals surface area (Å²) in [4.78, 5) is 24.4. The van der Waals surface area contributed by atoms with Crippen molar-refractivity contribution in [3.8, 4) is 5.75 Å². The Hall–Kier alpha value is -3.93. The summed E-state index contributed by atoms with van der Waals surface area (Å²) in [6, 6.07) is 22.1. The Balaban J connectivity index is 1.63. The number of benzene rings is 3. The van der Waals surface area contributed by atoms with Crippen molar-refractivity contribution in [2.45, 2.75) is 6.92 Å². The Morgan fingerprint density at radius 3 is 2.07 bits per heavy atom. The SMILES string of the molecule is CC(=NNC(=O)c1ccc(NC(=O)c2ccccc2)cc1)c1ccccc1O. The van der Waals surface area contributed by atoms with Crippen LogP contribution in [-0.2, 0) is 0 Å². The first-order valence-corrected chi connectivity index (χ1v) is 8.64. The maximum Gasteiger partial charge on any atom is 0.271 e. The first-order chi connectivity index (χ1) is 13.5. The molecule has 0 aliphatic rings. The van der Waals surface area contributed by atoms with Crippen LogP contribution < -0.4 is 10.7 Å². The minimum Gasteiger partial charge on any atom is -0.507 e. The third kappa shape index (κ3) is 4.62. The molecule has 0 saturated heterocycles. The van der Waals surface area contributed by atoms with Crippen molar-refractivity contribution in [1.29, 1.82) is 0 Å². The monoisotopic (exact) mass is 373 g/mol. The second-order valence-corrected chi connectivity index (χ2v) is 6.05. The summed E-state index contributed by atoms with van der Waals surface area (Å²) in [6.07, 6.45) is 0. The number of nitrogens with zero attached hydrogens (tertiary/aromatic N) is 1. The van der Waals surface area contributed by atoms with Gasteiger partial charge in [0.15, 0.2) is 0 Å². The highest BCUT2D eigenvalue weighted by atomic mass is 16.3. The van der Waals surface area contributed by atoms with Gasteiger partial charge in [-0.05, 0) is 55.5 Å². The van der Waals surface area contributed by atoms with E-state index >= 15 is 0 Å². The second kappa shape index (κ2) is 8.64. The van der Waals surface area contributed by atoms with Gasteiger partial charge in [-0.15, -0.1) is 0 Å². The average Bonchev–Trinajstić information content (AvgIpc) is 2.73. The fraction of sp³-hybridized carbons (Fsp3) is 0.0455. The van der Waals surface area contributed by atoms with E-state index in [1.165, 1.54) is 0 Å². The number of hydrogen-bond donors (Lipinski definition) is 3. The molecule has 0 aliphatic heterocycles. The fourth-order valence-corrected chi connectivity index (χ4v) is 2.54. The van der Waals surface area contributed by atoms with Crippen LogP contribution in [0.1, 0.15) is 33.2 Å². The van der Waals surface area contributed by atoms with Crippen LogP contribution in [0.4, 0.5) is 5.69 Å². The van der Waals surface area contributed by atoms with Gasteiger partial charge in [-0.2, -0.15) is 5.10 Å². The van der Waals surface area contributed by atoms with Crippen LogP contribution in [-0.4, -0.2) is 22.6 Å². The van der Waals surface area contributed by atoms with Gasteiger partial charge in [0.05, 0.1) is 5.71 Å². The number of amides is 2. The van der Waals surface area contributed by atoms with Gasteiger partial charge >= 0.3 is 0 Å². The third-order valence-electron chi connectivity index (χ3n) is 4.06. The van der Waals surface area contributed by atoms with Crippen molar-refractivity contribution in [1.82, 2.24) is 5.43 Å². The van der Waals surface area contributed by atoms with Crippen molar-refractivity contribution < 1.29 is 14.7 Å². The molecule has 0 radical (unpaired) electrons. The van der Waals surface area contributed by atoms with Crippen molar-refractivity contribution in [3.63, 3.8) is 0 Å². The number of para-hydroxylation sites is 1. The largest absolute Gasteiger partial charge is 0.507 e. The molecule has 0 spiro atoms. The molecule has 3 N–H and O–H groups in total. The highest BCUT2D eigenvalue weighted by Gasteiger charge is 2.09. The highest BCUT2D eigenvalue weighted by molar-refractivity contribution is 6.05. The van der Waals surface area contributed by atoms with E-state index in [9.17, 15) is 14.7 Å². The van der Waals surface area contributed by atoms with Gasteiger partial charge in [-0.1, -0.05) is 30.3 Å². The van der Waals surface area contributed by atoms with Gasteiger partial charge in [0.1, 0.15) is 5.75 Å². The number of hydrazone groups is 1. The van der Waals surface area contributed by atoms with Crippen LogP contribution in [0.3, 0.4) is 0 Å². The molecule has 3 aromatic rings. The Kier molecular flexibility index (Phi) is 5.81. The molecule has 140 valence electrons. The Bertz CT molecular complexity index is 1010. The predicted molar refractivity (Wildman–Crippen MR) is 109 cm³/mol. The zero-order chi connectivity index (χ0) is 19.9. The molecule has 0 bridgehead atoms. The van der Waals surface area contributed by atoms with E-state index in [0.717, 1.165) is 0 Å². The van der Waals surface area contributed by atoms with E-state index in [1.54, 1.807) is 79.7 Å². The van der Waals surface area contributed by atoms with Crippen molar-refractivity contribution in [2.75, 3.05) is 5.32 Å². The van der Waals surface area contributed by atoms with E-state index in [1.807, 2.05) is 6.07 Å². The number of hydrogen-bond acceptors (Lipinski definition) is 4. The minimum absolute atomic E-state index is 0.0940. The predicted octanol–water partition coefficient (Wildman–Crippen LogP) is 3.80. The maximum atomic E-state index is 12.3. The number of carbonyl (C=O) groups excluding carboxylic acids is 2. The zero-order valence-electron chi connectivity index (χ0n) is 15.2.